The predicted octanol–water partition coefficient (Wildman–Crippen LogP) is 1.95. The van der Waals surface area contributed by atoms with Gasteiger partial charge in [-0.2, -0.15) is 4.98 Å². The summed E-state index contributed by atoms with van der Waals surface area (Å²) >= 11 is 0. The zero-order valence-corrected chi connectivity index (χ0v) is 13.2. The van der Waals surface area contributed by atoms with Crippen LogP contribution in [0.15, 0.2) is 4.52 Å². The Morgan fingerprint density at radius 2 is 1.95 bits per heavy atom. The third-order valence-electron chi connectivity index (χ3n) is 5.53. The molecule has 0 unspecified atom stereocenters. The molecular formula is C16H24N4O2. The summed E-state index contributed by atoms with van der Waals surface area (Å²) in [6.07, 6.45) is 6.83. The molecule has 3 heterocycles. The zero-order chi connectivity index (χ0) is 15.1. The molecule has 4 rings (SSSR count). The topological polar surface area (TPSA) is 62.5 Å². The Balaban J connectivity index is 1.35. The van der Waals surface area contributed by atoms with E-state index in [9.17, 15) is 4.79 Å². The molecule has 6 nitrogen and oxygen atoms in total. The third-order valence-corrected chi connectivity index (χ3v) is 5.53. The molecule has 3 aliphatic rings. The van der Waals surface area contributed by atoms with Crippen molar-refractivity contribution in [1.82, 2.24) is 19.9 Å². The van der Waals surface area contributed by atoms with Gasteiger partial charge >= 0.3 is 0 Å². The average Bonchev–Trinajstić information content (AvgIpc) is 3.16. The van der Waals surface area contributed by atoms with Crippen LogP contribution < -0.4 is 0 Å². The Hall–Kier alpha value is -1.43. The van der Waals surface area contributed by atoms with Gasteiger partial charge in [-0.25, -0.2) is 0 Å². The lowest BCUT2D eigenvalue weighted by molar-refractivity contribution is -0.140. The number of carbonyl (C=O) groups is 1. The van der Waals surface area contributed by atoms with E-state index in [1.165, 1.54) is 19.3 Å². The van der Waals surface area contributed by atoms with Crippen LogP contribution in [0.4, 0.5) is 0 Å². The minimum Gasteiger partial charge on any atom is -0.341 e. The first-order chi connectivity index (χ1) is 10.7. The quantitative estimate of drug-likeness (QED) is 0.854. The molecule has 0 aromatic carbocycles. The first-order valence-electron chi connectivity index (χ1n) is 8.55. The average molecular weight is 304 g/mol. The van der Waals surface area contributed by atoms with Gasteiger partial charge in [0.15, 0.2) is 5.82 Å². The number of hydrogen-bond acceptors (Lipinski definition) is 5. The van der Waals surface area contributed by atoms with Crippen molar-refractivity contribution in [3.63, 3.8) is 0 Å². The van der Waals surface area contributed by atoms with Gasteiger partial charge in [0.1, 0.15) is 0 Å². The molecule has 120 valence electrons. The first-order valence-corrected chi connectivity index (χ1v) is 8.55. The second kappa shape index (κ2) is 5.65. The van der Waals surface area contributed by atoms with E-state index in [1.807, 2.05) is 4.90 Å². The van der Waals surface area contributed by atoms with E-state index < -0.39 is 0 Å². The van der Waals surface area contributed by atoms with E-state index in [0.717, 1.165) is 50.6 Å². The normalized spacial score (nSPS) is 27.5. The Bertz CT molecular complexity index is 546. The van der Waals surface area contributed by atoms with Crippen LogP contribution in [0.5, 0.6) is 0 Å². The van der Waals surface area contributed by atoms with E-state index in [-0.39, 0.29) is 17.9 Å². The summed E-state index contributed by atoms with van der Waals surface area (Å²) in [6.45, 7) is 2.61. The molecule has 3 fully saturated rings. The molecule has 2 saturated heterocycles. The van der Waals surface area contributed by atoms with E-state index >= 15 is 0 Å². The molecule has 1 atom stereocenters. The molecule has 0 N–H and O–H groups in total. The standard InChI is InChI=1S/C16H24N4O2/c1-19-8-4-7-13(19)15-17-14(18-22-15)12-9-20(10-12)16(21)11-5-2-3-6-11/h11-13H,2-10H2,1H3/t13-/m0/s1. The molecule has 1 aliphatic carbocycles. The van der Waals surface area contributed by atoms with E-state index in [1.54, 1.807) is 0 Å². The van der Waals surface area contributed by atoms with Crippen LogP contribution in [-0.4, -0.2) is 52.5 Å². The third kappa shape index (κ3) is 2.43. The summed E-state index contributed by atoms with van der Waals surface area (Å²) < 4.78 is 5.47. The van der Waals surface area contributed by atoms with Crippen molar-refractivity contribution < 1.29 is 9.32 Å². The number of hydrogen-bond donors (Lipinski definition) is 0. The summed E-state index contributed by atoms with van der Waals surface area (Å²) in [4.78, 5) is 21.2. The van der Waals surface area contributed by atoms with Gasteiger partial charge < -0.3 is 9.42 Å². The summed E-state index contributed by atoms with van der Waals surface area (Å²) in [5.74, 6) is 2.40. The first kappa shape index (κ1) is 14.2. The molecule has 0 bridgehead atoms. The van der Waals surface area contributed by atoms with Crippen molar-refractivity contribution in [2.45, 2.75) is 50.5 Å². The van der Waals surface area contributed by atoms with Crippen LogP contribution in [0.3, 0.4) is 0 Å². The Kier molecular flexibility index (Phi) is 3.64. The summed E-state index contributed by atoms with van der Waals surface area (Å²) in [6, 6.07) is 0.276. The van der Waals surface area contributed by atoms with Gasteiger partial charge in [-0.1, -0.05) is 18.0 Å². The number of rotatable bonds is 3. The molecular weight excluding hydrogens is 280 g/mol. The summed E-state index contributed by atoms with van der Waals surface area (Å²) in [5, 5.41) is 4.16. The van der Waals surface area contributed by atoms with Crippen molar-refractivity contribution >= 4 is 5.91 Å². The van der Waals surface area contributed by atoms with Gasteiger partial charge in [-0.05, 0) is 39.3 Å². The fraction of sp³-hybridized carbons (Fsp3) is 0.812. The maximum atomic E-state index is 12.3. The predicted molar refractivity (Wildman–Crippen MR) is 80.2 cm³/mol. The highest BCUT2D eigenvalue weighted by Gasteiger charge is 2.39. The minimum absolute atomic E-state index is 0.259. The van der Waals surface area contributed by atoms with Gasteiger partial charge in [0.05, 0.1) is 12.0 Å². The second-order valence-corrected chi connectivity index (χ2v) is 7.05. The molecule has 1 aromatic rings. The monoisotopic (exact) mass is 304 g/mol. The number of aromatic nitrogens is 2. The van der Waals surface area contributed by atoms with Crippen LogP contribution in [0.1, 0.15) is 62.2 Å². The minimum atomic E-state index is 0.259. The van der Waals surface area contributed by atoms with Crippen LogP contribution in [0.2, 0.25) is 0 Å². The number of amides is 1. The van der Waals surface area contributed by atoms with Crippen LogP contribution >= 0.6 is 0 Å². The molecule has 0 spiro atoms. The smallest absolute Gasteiger partial charge is 0.243 e. The highest BCUT2D eigenvalue weighted by atomic mass is 16.5. The van der Waals surface area contributed by atoms with E-state index in [0.29, 0.717) is 5.91 Å². The van der Waals surface area contributed by atoms with E-state index in [2.05, 4.69) is 22.1 Å². The highest BCUT2D eigenvalue weighted by molar-refractivity contribution is 5.80. The van der Waals surface area contributed by atoms with Crippen molar-refractivity contribution in [1.29, 1.82) is 0 Å². The van der Waals surface area contributed by atoms with Gasteiger partial charge in [0, 0.05) is 19.0 Å². The van der Waals surface area contributed by atoms with Gasteiger partial charge in [0.2, 0.25) is 11.8 Å². The Morgan fingerprint density at radius 1 is 1.18 bits per heavy atom. The largest absolute Gasteiger partial charge is 0.341 e. The molecule has 1 amide bonds. The Labute approximate surface area is 130 Å². The fourth-order valence-electron chi connectivity index (χ4n) is 4.02. The fourth-order valence-corrected chi connectivity index (χ4v) is 4.02. The van der Waals surface area contributed by atoms with Crippen molar-refractivity contribution in [2.75, 3.05) is 26.7 Å². The number of carbonyl (C=O) groups excluding carboxylic acids is 1. The Morgan fingerprint density at radius 3 is 2.64 bits per heavy atom. The van der Waals surface area contributed by atoms with Crippen LogP contribution in [0, 0.1) is 5.92 Å². The number of likely N-dealkylation sites (tertiary alicyclic amines) is 2. The maximum absolute atomic E-state index is 12.3. The molecule has 0 radical (unpaired) electrons. The van der Waals surface area contributed by atoms with Crippen molar-refractivity contribution in [3.05, 3.63) is 11.7 Å². The molecule has 6 heteroatoms. The SMILES string of the molecule is CN1CCC[C@H]1c1nc(C2CN(C(=O)C3CCCC3)C2)no1. The molecule has 22 heavy (non-hydrogen) atoms. The number of nitrogens with zero attached hydrogens (tertiary/aromatic N) is 4. The lowest BCUT2D eigenvalue weighted by Crippen LogP contribution is -2.50. The molecule has 1 aromatic heterocycles. The van der Waals surface area contributed by atoms with Crippen LogP contribution in [-0.2, 0) is 4.79 Å². The van der Waals surface area contributed by atoms with Crippen LogP contribution in [0.25, 0.3) is 0 Å². The van der Waals surface area contributed by atoms with Gasteiger partial charge in [-0.3, -0.25) is 9.69 Å². The second-order valence-electron chi connectivity index (χ2n) is 7.05. The van der Waals surface area contributed by atoms with Gasteiger partial charge in [0.25, 0.3) is 0 Å². The summed E-state index contributed by atoms with van der Waals surface area (Å²) in [7, 11) is 2.10. The maximum Gasteiger partial charge on any atom is 0.243 e. The van der Waals surface area contributed by atoms with Gasteiger partial charge in [-0.15, -0.1) is 0 Å². The highest BCUT2D eigenvalue weighted by Crippen LogP contribution is 2.34. The molecule has 1 saturated carbocycles. The summed E-state index contributed by atoms with van der Waals surface area (Å²) in [5.41, 5.74) is 0. The molecule has 2 aliphatic heterocycles. The van der Waals surface area contributed by atoms with Crippen molar-refractivity contribution in [2.24, 2.45) is 5.92 Å². The lowest BCUT2D eigenvalue weighted by Gasteiger charge is -2.39. The lowest BCUT2D eigenvalue weighted by atomic mass is 9.96. The zero-order valence-electron chi connectivity index (χ0n) is 13.2. The van der Waals surface area contributed by atoms with E-state index in [4.69, 9.17) is 4.52 Å². The van der Waals surface area contributed by atoms with Crippen molar-refractivity contribution in [3.8, 4) is 0 Å².